The first-order valence-corrected chi connectivity index (χ1v) is 35.5. The molecule has 30 nitrogen and oxygen atoms in total. The monoisotopic (exact) mass is 1640 g/mol. The number of hydrogen-bond donors (Lipinski definition) is 8. The number of aromatic nitrogens is 8. The smallest absolute Gasteiger partial charge is 0.228 e. The highest BCUT2D eigenvalue weighted by molar-refractivity contribution is 6.40. The third kappa shape index (κ3) is 29.0. The first kappa shape index (κ1) is 93.4. The number of aliphatic hydroxyl groups is 1. The van der Waals surface area contributed by atoms with Crippen LogP contribution < -0.4 is 81.9 Å². The van der Waals surface area contributed by atoms with Crippen molar-refractivity contribution in [2.24, 2.45) is 27.7 Å². The summed E-state index contributed by atoms with van der Waals surface area (Å²) in [6.45, 7) is 12.7. The van der Waals surface area contributed by atoms with Crippen molar-refractivity contribution in [3.8, 4) is 46.0 Å². The molecule has 2 fully saturated rings. The van der Waals surface area contributed by atoms with E-state index in [9.17, 15) is 4.79 Å². The predicted octanol–water partition coefficient (Wildman–Crippen LogP) is 12.7. The minimum atomic E-state index is 0. The van der Waals surface area contributed by atoms with Gasteiger partial charge in [-0.1, -0.05) is 95.0 Å². The van der Waals surface area contributed by atoms with Gasteiger partial charge >= 0.3 is 0 Å². The zero-order valence-corrected chi connectivity index (χ0v) is 67.6. The fourth-order valence-electron chi connectivity index (χ4n) is 9.97. The molecule has 2 aliphatic heterocycles. The maximum atomic E-state index is 10.2. The second kappa shape index (κ2) is 50.8. The molecule has 4 aromatic heterocycles. The summed E-state index contributed by atoms with van der Waals surface area (Å²) in [6.07, 6.45) is 4.35. The van der Waals surface area contributed by atoms with Crippen LogP contribution in [0.25, 0.3) is 43.6 Å². The molecule has 2 saturated heterocycles. The summed E-state index contributed by atoms with van der Waals surface area (Å²) in [7, 11) is 13.6. The molecule has 7 aromatic carbocycles. The Balaban J connectivity index is 0.000000290. The fourth-order valence-corrected chi connectivity index (χ4v) is 10.8. The number of fused-ring (bicyclic) bond motifs is 4. The number of aldehydes is 1. The lowest BCUT2D eigenvalue weighted by molar-refractivity contribution is 0.109. The zero-order valence-electron chi connectivity index (χ0n) is 63.1. The van der Waals surface area contributed by atoms with Gasteiger partial charge in [-0.3, -0.25) is 27.3 Å². The molecule has 2 aliphatic rings. The van der Waals surface area contributed by atoms with Crippen molar-refractivity contribution in [2.45, 2.75) is 20.8 Å². The van der Waals surface area contributed by atoms with Crippen molar-refractivity contribution in [1.82, 2.24) is 45.2 Å². The molecule has 11 aromatic rings. The first-order chi connectivity index (χ1) is 53.4. The minimum absolute atomic E-state index is 0. The largest absolute Gasteiger partial charge is 0.493 e. The molecule has 0 unspecified atom stereocenters. The first-order valence-electron chi connectivity index (χ1n) is 33.0. The Morgan fingerprint density at radius 3 is 1.14 bits per heavy atom. The number of nitrogens with zero attached hydrogens (tertiary/aromatic N) is 11. The molecule has 591 valence electrons. The Labute approximate surface area is 675 Å². The number of hydrazone groups is 2. The van der Waals surface area contributed by atoms with E-state index in [0.29, 0.717) is 110 Å². The van der Waals surface area contributed by atoms with Crippen LogP contribution in [0.3, 0.4) is 0 Å². The van der Waals surface area contributed by atoms with Gasteiger partial charge in [0.2, 0.25) is 21.8 Å². The van der Waals surface area contributed by atoms with Gasteiger partial charge in [-0.15, -0.1) is 23.2 Å². The van der Waals surface area contributed by atoms with Crippen molar-refractivity contribution in [1.29, 1.82) is 0 Å². The molecule has 0 amide bonds. The molecular weight excluding hydrogens is 1560 g/mol. The normalized spacial score (nSPS) is 11.7. The number of halogens is 6. The maximum Gasteiger partial charge on any atom is 0.228 e. The lowest BCUT2D eigenvalue weighted by Gasteiger charge is -2.27. The van der Waals surface area contributed by atoms with Gasteiger partial charge in [-0.2, -0.15) is 25.2 Å². The van der Waals surface area contributed by atoms with Crippen molar-refractivity contribution < 1.29 is 57.3 Å². The minimum Gasteiger partial charge on any atom is -0.493 e. The number of carbonyl (C=O) groups excluding carboxylic acids is 1. The molecule has 0 spiro atoms. The lowest BCUT2D eigenvalue weighted by atomic mass is 10.2. The molecule has 0 atom stereocenters. The SMILES string of the molecule is C1COCCN1.CO.COc1cc2nc(Cl)nc(Cl)c2cc1OC.COc1cc2nc(Cl)nc(N/N=C/c3cccc(C)c3)c2cc1OC.COc1cc2nc(Cl)nc(NN)c2cc1OC.COc1cc2nc(N3CCOCC3)nc(N/N=C/c3cccc(C)c3)c2cc1OC.Cc1cccc(C=O)c1.ClCCl.NN.[B]. The number of methoxy groups -OCH3 is 8. The summed E-state index contributed by atoms with van der Waals surface area (Å²) in [5.41, 5.74) is 17.3. The summed E-state index contributed by atoms with van der Waals surface area (Å²) in [4.78, 5) is 46.2. The van der Waals surface area contributed by atoms with E-state index >= 15 is 0 Å². The summed E-state index contributed by atoms with van der Waals surface area (Å²) in [5.74, 6) is 20.2. The number of aryl methyl sites for hydroxylation is 3. The van der Waals surface area contributed by atoms with E-state index in [1.165, 1.54) is 5.56 Å². The molecule has 0 bridgehead atoms. The quantitative estimate of drug-likeness (QED) is 0.00613. The van der Waals surface area contributed by atoms with Gasteiger partial charge in [-0.25, -0.2) is 30.8 Å². The Bertz CT molecular complexity index is 4760. The van der Waals surface area contributed by atoms with Gasteiger partial charge in [0.25, 0.3) is 0 Å². The number of anilines is 4. The number of morpholine rings is 2. The number of hydrogen-bond acceptors (Lipinski definition) is 30. The van der Waals surface area contributed by atoms with E-state index in [-0.39, 0.29) is 34.8 Å². The van der Waals surface area contributed by atoms with E-state index in [4.69, 9.17) is 138 Å². The number of nitrogens with two attached hydrogens (primary N) is 3. The molecule has 0 saturated carbocycles. The van der Waals surface area contributed by atoms with Gasteiger partial charge < -0.3 is 68.1 Å². The lowest BCUT2D eigenvalue weighted by Crippen LogP contribution is -2.37. The Hall–Kier alpha value is -9.97. The number of rotatable bonds is 17. The number of carbonyl (C=O) groups is 1. The topological polar surface area (TPSA) is 387 Å². The maximum absolute atomic E-state index is 10.2. The second-order valence-electron chi connectivity index (χ2n) is 22.0. The van der Waals surface area contributed by atoms with Gasteiger partial charge in [0.05, 0.1) is 123 Å². The van der Waals surface area contributed by atoms with E-state index in [0.717, 1.165) is 96.9 Å². The third-order valence-electron chi connectivity index (χ3n) is 15.0. The number of nitrogens with one attached hydrogen (secondary N) is 4. The van der Waals surface area contributed by atoms with Crippen LogP contribution in [-0.2, 0) is 9.47 Å². The van der Waals surface area contributed by atoms with Crippen LogP contribution in [0.2, 0.25) is 21.0 Å². The number of alkyl halides is 2. The van der Waals surface area contributed by atoms with Crippen LogP contribution >= 0.6 is 69.6 Å². The van der Waals surface area contributed by atoms with E-state index < -0.39 is 0 Å². The van der Waals surface area contributed by atoms with Gasteiger partial charge in [0, 0.05) is 93.1 Å². The molecule has 37 heteroatoms. The zero-order chi connectivity index (χ0) is 80.5. The number of ether oxygens (including phenoxy) is 10. The number of benzene rings is 7. The van der Waals surface area contributed by atoms with Crippen LogP contribution in [-0.4, -0.2) is 194 Å². The highest BCUT2D eigenvalue weighted by Crippen LogP contribution is 2.39. The molecule has 6 heterocycles. The molecule has 11 N–H and O–H groups in total. The molecule has 3 radical (unpaired) electrons. The van der Waals surface area contributed by atoms with Crippen LogP contribution in [0.1, 0.15) is 38.2 Å². The van der Waals surface area contributed by atoms with Crippen LogP contribution in [0.5, 0.6) is 46.0 Å². The van der Waals surface area contributed by atoms with Crippen LogP contribution in [0.4, 0.5) is 23.4 Å². The van der Waals surface area contributed by atoms with Crippen LogP contribution in [0, 0.1) is 20.8 Å². The van der Waals surface area contributed by atoms with E-state index in [2.05, 4.69) is 97.3 Å². The number of nitrogen functional groups attached to an aromatic ring is 1. The number of hydrazine groups is 2. The molecule has 111 heavy (non-hydrogen) atoms. The summed E-state index contributed by atoms with van der Waals surface area (Å²) >= 11 is 33.0. The van der Waals surface area contributed by atoms with Crippen molar-refractivity contribution in [2.75, 3.05) is 143 Å². The fraction of sp³-hybridized carbons (Fsp3) is 0.284. The molecular formula is C74H88BCl6N18O12. The Morgan fingerprint density at radius 2 is 0.793 bits per heavy atom. The summed E-state index contributed by atoms with van der Waals surface area (Å²) in [6, 6.07) is 37.7. The van der Waals surface area contributed by atoms with Gasteiger partial charge in [0.15, 0.2) is 63.4 Å². The van der Waals surface area contributed by atoms with Gasteiger partial charge in [-0.05, 0) is 97.0 Å². The molecule has 13 rings (SSSR count). The van der Waals surface area contributed by atoms with Crippen LogP contribution in [0.15, 0.2) is 132 Å². The van der Waals surface area contributed by atoms with Gasteiger partial charge in [0.1, 0.15) is 11.4 Å². The van der Waals surface area contributed by atoms with Crippen molar-refractivity contribution in [3.63, 3.8) is 0 Å². The molecule has 0 aliphatic carbocycles. The summed E-state index contributed by atoms with van der Waals surface area (Å²) in [5, 5.41) is 22.5. The third-order valence-corrected chi connectivity index (χ3v) is 15.8. The highest BCUT2D eigenvalue weighted by Gasteiger charge is 2.20. The Kier molecular flexibility index (Phi) is 42.7. The standard InChI is InChI=1S/C22H25N5O3.C18H17ClN4O2.C10H8Cl2N2O2.C10H11ClN4O2.C8H8O.C4H9NO.CH2Cl2.CH4O.B.H4N2/c1-15-5-4-6-16(11-15)14-23-26-21-17-12-19(28-2)20(29-3)13-18(17)24-22(25-21)27-7-9-30-10-8-27;1-11-5-4-6-12(7-11)10-20-23-17-13-8-15(24-2)16(25-3)9-14(13)21-18(19)22-17;1-15-7-3-5-6(4-8(7)16-2)13-10(12)14-9(5)11;1-16-7-3-5-6(4-8(7)17-2)13-10(11)14-9(5)15-12;1-7-3-2-4-8(5-7)6-9;1-3-6-4-2-5-1;2-1-3;1-2;;1-2/h4-6,11-14H,7-10H2,1-3H3,(H,24,25,26);4-10H,1-3H3,(H,21,22,23);3-4H,1-2H3;3-4H,12H2,1-2H3,(H,13,14,15);2-6H,1H3;5H,1-4H2;1H2;2H,1H3;;1-2H2/b23-14+;20-10+;;;;;;;;. The van der Waals surface area contributed by atoms with E-state index in [1.807, 2.05) is 80.6 Å². The average molecular weight is 1650 g/mol. The van der Waals surface area contributed by atoms with Crippen molar-refractivity contribution in [3.05, 3.63) is 176 Å². The van der Waals surface area contributed by atoms with E-state index in [1.54, 1.807) is 112 Å². The van der Waals surface area contributed by atoms with Crippen molar-refractivity contribution >= 4 is 164 Å². The second-order valence-corrected chi connectivity index (χ2v) is 24.2. The summed E-state index contributed by atoms with van der Waals surface area (Å²) < 4.78 is 52.7. The number of aliphatic hydroxyl groups excluding tert-OH is 1. The Morgan fingerprint density at radius 1 is 0.468 bits per heavy atom. The highest BCUT2D eigenvalue weighted by atomic mass is 35.5. The predicted molar refractivity (Wildman–Crippen MR) is 445 cm³/mol. The average Bonchev–Trinajstić information content (AvgIpc) is 0.778.